The third-order valence-corrected chi connectivity index (χ3v) is 3.17. The van der Waals surface area contributed by atoms with Crippen molar-refractivity contribution in [3.63, 3.8) is 0 Å². The summed E-state index contributed by atoms with van der Waals surface area (Å²) in [5.41, 5.74) is 0.834. The number of ether oxygens (including phenoxy) is 2. The minimum Gasteiger partial charge on any atom is -0.479 e. The molecule has 2 aromatic rings. The molecule has 1 aromatic carbocycles. The lowest BCUT2D eigenvalue weighted by molar-refractivity contribution is -0.144. The molecule has 8 nitrogen and oxygen atoms in total. The smallest absolute Gasteiger partial charge is 0.361 e. The van der Waals surface area contributed by atoms with Crippen molar-refractivity contribution in [2.45, 2.75) is 20.0 Å². The molecule has 1 atom stereocenters. The van der Waals surface area contributed by atoms with Gasteiger partial charge in [0.15, 0.2) is 11.8 Å². The van der Waals surface area contributed by atoms with Gasteiger partial charge in [-0.05, 0) is 32.0 Å². The van der Waals surface area contributed by atoms with Crippen LogP contribution in [0.15, 0.2) is 18.2 Å². The summed E-state index contributed by atoms with van der Waals surface area (Å²) in [7, 11) is 0. The fourth-order valence-corrected chi connectivity index (χ4v) is 1.98. The van der Waals surface area contributed by atoms with E-state index in [2.05, 4.69) is 15.4 Å². The number of hydrogen-bond acceptors (Lipinski definition) is 6. The lowest BCUT2D eigenvalue weighted by Crippen LogP contribution is -2.22. The van der Waals surface area contributed by atoms with E-state index in [1.54, 1.807) is 13.0 Å². The second kappa shape index (κ2) is 7.10. The summed E-state index contributed by atoms with van der Waals surface area (Å²) >= 11 is 6.10. The van der Waals surface area contributed by atoms with Crippen molar-refractivity contribution in [1.29, 1.82) is 0 Å². The Bertz CT molecular complexity index is 731. The molecule has 23 heavy (non-hydrogen) atoms. The molecule has 0 radical (unpaired) electrons. The molecular formula is C14H14ClN3O5. The SMILES string of the molecule is CCOC(=O)c1n[nH]nc1-c1ccc(OC(C)C(=O)O)c(Cl)c1. The van der Waals surface area contributed by atoms with Crippen molar-refractivity contribution in [2.75, 3.05) is 6.61 Å². The summed E-state index contributed by atoms with van der Waals surface area (Å²) in [4.78, 5) is 22.6. The number of nitrogens with zero attached hydrogens (tertiary/aromatic N) is 2. The van der Waals surface area contributed by atoms with Crippen LogP contribution >= 0.6 is 11.6 Å². The lowest BCUT2D eigenvalue weighted by atomic mass is 10.1. The Hall–Kier alpha value is -2.61. The van der Waals surface area contributed by atoms with Crippen molar-refractivity contribution in [3.05, 3.63) is 28.9 Å². The van der Waals surface area contributed by atoms with E-state index in [1.807, 2.05) is 0 Å². The number of halogens is 1. The predicted molar refractivity (Wildman–Crippen MR) is 80.5 cm³/mol. The van der Waals surface area contributed by atoms with E-state index in [0.29, 0.717) is 5.56 Å². The van der Waals surface area contributed by atoms with Crippen LogP contribution in [0.2, 0.25) is 5.02 Å². The van der Waals surface area contributed by atoms with Gasteiger partial charge in [-0.2, -0.15) is 10.3 Å². The summed E-state index contributed by atoms with van der Waals surface area (Å²) in [6.07, 6.45) is -1.04. The number of rotatable bonds is 6. The first-order valence-corrected chi connectivity index (χ1v) is 7.09. The van der Waals surface area contributed by atoms with Crippen LogP contribution < -0.4 is 4.74 Å². The molecule has 2 N–H and O–H groups in total. The molecule has 2 rings (SSSR count). The highest BCUT2D eigenvalue weighted by Crippen LogP contribution is 2.31. The molecule has 0 fully saturated rings. The van der Waals surface area contributed by atoms with E-state index < -0.39 is 18.0 Å². The summed E-state index contributed by atoms with van der Waals surface area (Å²) in [5, 5.41) is 19.1. The Morgan fingerprint density at radius 1 is 1.39 bits per heavy atom. The zero-order valence-corrected chi connectivity index (χ0v) is 13.1. The summed E-state index contributed by atoms with van der Waals surface area (Å²) in [6, 6.07) is 4.60. The van der Waals surface area contributed by atoms with Crippen molar-refractivity contribution < 1.29 is 24.2 Å². The monoisotopic (exact) mass is 339 g/mol. The maximum Gasteiger partial charge on any atom is 0.361 e. The van der Waals surface area contributed by atoms with E-state index in [9.17, 15) is 9.59 Å². The van der Waals surface area contributed by atoms with Crippen LogP contribution in [0.5, 0.6) is 5.75 Å². The molecule has 0 aliphatic carbocycles. The molecule has 0 aliphatic heterocycles. The number of carbonyl (C=O) groups is 2. The first kappa shape index (κ1) is 16.8. The number of aliphatic carboxylic acids is 1. The Labute approximate surface area is 136 Å². The van der Waals surface area contributed by atoms with Crippen molar-refractivity contribution in [1.82, 2.24) is 15.4 Å². The molecule has 9 heteroatoms. The Morgan fingerprint density at radius 2 is 2.13 bits per heavy atom. The Kier molecular flexibility index (Phi) is 5.17. The molecule has 0 spiro atoms. The van der Waals surface area contributed by atoms with Crippen LogP contribution in [-0.4, -0.2) is 45.2 Å². The number of H-pyrrole nitrogens is 1. The van der Waals surface area contributed by atoms with Crippen molar-refractivity contribution in [3.8, 4) is 17.0 Å². The predicted octanol–water partition coefficient (Wildman–Crippen LogP) is 2.15. The summed E-state index contributed by atoms with van der Waals surface area (Å²) in [6.45, 7) is 3.29. The molecule has 1 unspecified atom stereocenters. The van der Waals surface area contributed by atoms with Crippen LogP contribution in [-0.2, 0) is 9.53 Å². The van der Waals surface area contributed by atoms with E-state index in [4.69, 9.17) is 26.2 Å². The highest BCUT2D eigenvalue weighted by atomic mass is 35.5. The number of carbonyl (C=O) groups excluding carboxylic acids is 1. The number of hydrogen-bond donors (Lipinski definition) is 2. The average Bonchev–Trinajstić information content (AvgIpc) is 2.99. The molecule has 0 saturated heterocycles. The second-order valence-corrected chi connectivity index (χ2v) is 4.89. The van der Waals surface area contributed by atoms with Crippen LogP contribution in [0.1, 0.15) is 24.3 Å². The van der Waals surface area contributed by atoms with Gasteiger partial charge in [0.25, 0.3) is 0 Å². The van der Waals surface area contributed by atoms with Gasteiger partial charge in [0.1, 0.15) is 11.4 Å². The standard InChI is InChI=1S/C14H14ClN3O5/c1-3-22-14(21)12-11(16-18-17-12)8-4-5-10(9(15)6-8)23-7(2)13(19)20/h4-7H,3H2,1-2H3,(H,19,20)(H,16,17,18). The minimum absolute atomic E-state index is 0.0375. The quantitative estimate of drug-likeness (QED) is 0.775. The van der Waals surface area contributed by atoms with Gasteiger partial charge in [-0.15, -0.1) is 5.10 Å². The van der Waals surface area contributed by atoms with Gasteiger partial charge in [0.05, 0.1) is 11.6 Å². The largest absolute Gasteiger partial charge is 0.479 e. The maximum atomic E-state index is 11.8. The van der Waals surface area contributed by atoms with E-state index in [-0.39, 0.29) is 28.8 Å². The van der Waals surface area contributed by atoms with E-state index >= 15 is 0 Å². The van der Waals surface area contributed by atoms with Crippen molar-refractivity contribution in [2.24, 2.45) is 0 Å². The number of carboxylic acids is 1. The number of benzene rings is 1. The van der Waals surface area contributed by atoms with Crippen LogP contribution in [0.4, 0.5) is 0 Å². The molecule has 0 bridgehead atoms. The zero-order valence-electron chi connectivity index (χ0n) is 12.4. The minimum atomic E-state index is -1.11. The van der Waals surface area contributed by atoms with Gasteiger partial charge in [-0.25, -0.2) is 9.59 Å². The number of aromatic nitrogens is 3. The number of nitrogens with one attached hydrogen (secondary N) is 1. The highest BCUT2D eigenvalue weighted by molar-refractivity contribution is 6.32. The van der Waals surface area contributed by atoms with Gasteiger partial charge in [0, 0.05) is 5.56 Å². The topological polar surface area (TPSA) is 114 Å². The third-order valence-electron chi connectivity index (χ3n) is 2.87. The molecule has 0 aliphatic rings. The number of carboxylic acid groups (broad SMARTS) is 1. The molecule has 1 heterocycles. The number of aromatic amines is 1. The van der Waals surface area contributed by atoms with Crippen LogP contribution in [0.25, 0.3) is 11.3 Å². The fourth-order valence-electron chi connectivity index (χ4n) is 1.76. The Morgan fingerprint density at radius 3 is 2.74 bits per heavy atom. The first-order valence-electron chi connectivity index (χ1n) is 6.71. The average molecular weight is 340 g/mol. The Balaban J connectivity index is 2.29. The van der Waals surface area contributed by atoms with Crippen molar-refractivity contribution >= 4 is 23.5 Å². The number of esters is 1. The third kappa shape index (κ3) is 3.78. The molecule has 0 saturated carbocycles. The van der Waals surface area contributed by atoms with Crippen LogP contribution in [0, 0.1) is 0 Å². The summed E-state index contributed by atoms with van der Waals surface area (Å²) < 4.78 is 10.1. The fraction of sp³-hybridized carbons (Fsp3) is 0.286. The summed E-state index contributed by atoms with van der Waals surface area (Å²) in [5.74, 6) is -1.50. The normalized spacial score (nSPS) is 11.8. The van der Waals surface area contributed by atoms with Gasteiger partial charge >= 0.3 is 11.9 Å². The van der Waals surface area contributed by atoms with Gasteiger partial charge < -0.3 is 14.6 Å². The van der Waals surface area contributed by atoms with Gasteiger partial charge in [0.2, 0.25) is 0 Å². The van der Waals surface area contributed by atoms with E-state index in [0.717, 1.165) is 0 Å². The first-order chi connectivity index (χ1) is 10.9. The van der Waals surface area contributed by atoms with Gasteiger partial charge in [-0.1, -0.05) is 11.6 Å². The maximum absolute atomic E-state index is 11.8. The molecule has 1 aromatic heterocycles. The molecular weight excluding hydrogens is 326 g/mol. The van der Waals surface area contributed by atoms with E-state index in [1.165, 1.54) is 19.1 Å². The second-order valence-electron chi connectivity index (χ2n) is 4.48. The zero-order chi connectivity index (χ0) is 17.0. The molecule has 122 valence electrons. The van der Waals surface area contributed by atoms with Crippen LogP contribution in [0.3, 0.4) is 0 Å². The lowest BCUT2D eigenvalue weighted by Gasteiger charge is -2.12. The highest BCUT2D eigenvalue weighted by Gasteiger charge is 2.20. The molecule has 0 amide bonds. The van der Waals surface area contributed by atoms with Gasteiger partial charge in [-0.3, -0.25) is 0 Å².